The number of benzene rings is 9. The molecular formula is C63H45N3. The quantitative estimate of drug-likeness (QED) is 0.139. The molecule has 3 heterocycles. The molecule has 312 valence electrons. The first-order chi connectivity index (χ1) is 32.5. The molecule has 0 spiro atoms. The summed E-state index contributed by atoms with van der Waals surface area (Å²) >= 11 is 0. The highest BCUT2D eigenvalue weighted by Crippen LogP contribution is 2.50. The van der Waals surface area contributed by atoms with Gasteiger partial charge in [-0.1, -0.05) is 160 Å². The maximum absolute atomic E-state index is 4.40. The fourth-order valence-electron chi connectivity index (χ4n) is 11.1. The van der Waals surface area contributed by atoms with Gasteiger partial charge in [0, 0.05) is 60.5 Å². The van der Waals surface area contributed by atoms with Crippen LogP contribution in [0.25, 0.3) is 93.9 Å². The Balaban J connectivity index is 0.900. The molecule has 13 rings (SSSR count). The highest BCUT2D eigenvalue weighted by atomic mass is 15.1. The fourth-order valence-corrected chi connectivity index (χ4v) is 11.1. The van der Waals surface area contributed by atoms with Crippen LogP contribution in [0.4, 0.5) is 11.4 Å². The van der Waals surface area contributed by atoms with Gasteiger partial charge >= 0.3 is 0 Å². The zero-order chi connectivity index (χ0) is 44.1. The van der Waals surface area contributed by atoms with Crippen molar-refractivity contribution in [1.29, 1.82) is 0 Å². The highest BCUT2D eigenvalue weighted by Gasteiger charge is 2.35. The van der Waals surface area contributed by atoms with E-state index in [0.29, 0.717) is 0 Å². The van der Waals surface area contributed by atoms with Crippen molar-refractivity contribution in [2.45, 2.75) is 19.3 Å². The van der Waals surface area contributed by atoms with E-state index in [1.54, 1.807) is 0 Å². The molecule has 0 saturated carbocycles. The Hall–Kier alpha value is -8.40. The minimum absolute atomic E-state index is 0.136. The zero-order valence-electron chi connectivity index (χ0n) is 36.9. The maximum Gasteiger partial charge on any atom is 0.0620 e. The van der Waals surface area contributed by atoms with E-state index in [1.807, 2.05) is 6.08 Å². The molecule has 3 aromatic heterocycles. The normalized spacial score (nSPS) is 13.5. The van der Waals surface area contributed by atoms with Gasteiger partial charge in [-0.3, -0.25) is 0 Å². The Kier molecular flexibility index (Phi) is 8.41. The van der Waals surface area contributed by atoms with Crippen molar-refractivity contribution in [1.82, 2.24) is 8.97 Å². The first-order valence-corrected chi connectivity index (χ1v) is 22.9. The van der Waals surface area contributed by atoms with Gasteiger partial charge in [-0.05, 0) is 124 Å². The topological polar surface area (TPSA) is 12.6 Å². The number of hydrogen-bond acceptors (Lipinski definition) is 1. The first kappa shape index (κ1) is 38.1. The summed E-state index contributed by atoms with van der Waals surface area (Å²) in [5.41, 5.74) is 19.2. The van der Waals surface area contributed by atoms with Crippen molar-refractivity contribution in [2.75, 3.05) is 4.90 Å². The summed E-state index contributed by atoms with van der Waals surface area (Å²) in [5.74, 6) is 0. The molecule has 3 nitrogen and oxygen atoms in total. The third-order valence-electron chi connectivity index (χ3n) is 14.2. The Bertz CT molecular complexity index is 3970. The molecule has 9 aromatic carbocycles. The lowest BCUT2D eigenvalue weighted by Crippen LogP contribution is -2.18. The average Bonchev–Trinajstić information content (AvgIpc) is 4.07. The summed E-state index contributed by atoms with van der Waals surface area (Å²) in [6.45, 7) is 9.09. The van der Waals surface area contributed by atoms with Crippen LogP contribution in [-0.4, -0.2) is 8.97 Å². The van der Waals surface area contributed by atoms with Crippen molar-refractivity contribution >= 4 is 77.4 Å². The van der Waals surface area contributed by atoms with E-state index in [2.05, 4.69) is 253 Å². The molecule has 0 bridgehead atoms. The molecule has 1 aliphatic rings. The number of allylic oxidation sites excluding steroid dienone is 3. The number of aromatic nitrogens is 2. The minimum atomic E-state index is -0.136. The van der Waals surface area contributed by atoms with Crippen LogP contribution >= 0.6 is 0 Å². The monoisotopic (exact) mass is 843 g/mol. The molecule has 0 fully saturated rings. The standard InChI is InChI=1S/C63H45N3/c1-4-44(19-14-16-41-28-36-60-54(38-41)51-22-10-12-26-58(51)65(60)45-17-6-5-7-18-45)64(47-34-35-49-48-20-8-11-25-56(48)63(2,3)57(49)40-47)46-32-29-42(30-33-46)43-31-37-61-55(39-43)53-24-15-23-52-50-21-9-13-27-59(50)66(61)62(52)53/h4-40H,1H2,2-3H3/b16-14+,44-19+. The van der Waals surface area contributed by atoms with Gasteiger partial charge in [-0.25, -0.2) is 0 Å². The van der Waals surface area contributed by atoms with Crippen molar-refractivity contribution in [3.05, 3.63) is 247 Å². The van der Waals surface area contributed by atoms with Gasteiger partial charge in [0.15, 0.2) is 0 Å². The molecule has 3 heteroatoms. The lowest BCUT2D eigenvalue weighted by molar-refractivity contribution is 0.660. The highest BCUT2D eigenvalue weighted by molar-refractivity contribution is 6.23. The smallest absolute Gasteiger partial charge is 0.0620 e. The summed E-state index contributed by atoms with van der Waals surface area (Å²) in [7, 11) is 0. The van der Waals surface area contributed by atoms with Crippen LogP contribution in [0.5, 0.6) is 0 Å². The summed E-state index contributed by atoms with van der Waals surface area (Å²) in [4.78, 5) is 2.35. The van der Waals surface area contributed by atoms with E-state index in [9.17, 15) is 0 Å². The van der Waals surface area contributed by atoms with E-state index in [4.69, 9.17) is 0 Å². The predicted octanol–water partition coefficient (Wildman–Crippen LogP) is 16.8. The molecule has 0 saturated heterocycles. The second-order valence-electron chi connectivity index (χ2n) is 18.2. The SMILES string of the molecule is C=C/C(=C\C=C\c1ccc2c(c1)c1ccccc1n2-c1ccccc1)N(c1ccc(-c2ccc3c(c2)c2cccc4c5ccccc5n3c42)cc1)c1ccc2c(c1)C(C)(C)c1ccccc1-2. The number of hydrogen-bond donors (Lipinski definition) is 0. The molecule has 0 unspecified atom stereocenters. The van der Waals surface area contributed by atoms with Crippen LogP contribution in [0.2, 0.25) is 0 Å². The van der Waals surface area contributed by atoms with Gasteiger partial charge in [0.2, 0.25) is 0 Å². The van der Waals surface area contributed by atoms with Gasteiger partial charge in [0.1, 0.15) is 0 Å². The number of nitrogens with zero attached hydrogens (tertiary/aromatic N) is 3. The molecule has 12 aromatic rings. The van der Waals surface area contributed by atoms with E-state index in [1.165, 1.54) is 93.3 Å². The summed E-state index contributed by atoms with van der Waals surface area (Å²) in [6.07, 6.45) is 8.52. The van der Waals surface area contributed by atoms with Gasteiger partial charge in [-0.15, -0.1) is 0 Å². The number of rotatable bonds is 8. The Morgan fingerprint density at radius 2 is 1.09 bits per heavy atom. The first-order valence-electron chi connectivity index (χ1n) is 22.9. The van der Waals surface area contributed by atoms with Gasteiger partial charge in [-0.2, -0.15) is 0 Å². The third-order valence-corrected chi connectivity index (χ3v) is 14.2. The zero-order valence-corrected chi connectivity index (χ0v) is 36.9. The molecule has 0 radical (unpaired) electrons. The molecule has 0 atom stereocenters. The molecule has 66 heavy (non-hydrogen) atoms. The number of para-hydroxylation sites is 4. The Morgan fingerprint density at radius 3 is 1.91 bits per heavy atom. The summed E-state index contributed by atoms with van der Waals surface area (Å²) in [5, 5.41) is 7.64. The minimum Gasteiger partial charge on any atom is -0.311 e. The Labute approximate surface area is 384 Å². The third kappa shape index (κ3) is 5.63. The van der Waals surface area contributed by atoms with Crippen LogP contribution in [0.1, 0.15) is 30.5 Å². The van der Waals surface area contributed by atoms with Crippen molar-refractivity contribution in [3.8, 4) is 27.9 Å². The molecule has 0 N–H and O–H groups in total. The number of anilines is 2. The average molecular weight is 844 g/mol. The van der Waals surface area contributed by atoms with Crippen LogP contribution in [0, 0.1) is 0 Å². The van der Waals surface area contributed by atoms with Crippen LogP contribution < -0.4 is 4.90 Å². The van der Waals surface area contributed by atoms with Gasteiger partial charge in [0.25, 0.3) is 0 Å². The number of fused-ring (bicyclic) bond motifs is 12. The maximum atomic E-state index is 4.40. The Morgan fingerprint density at radius 1 is 0.485 bits per heavy atom. The van der Waals surface area contributed by atoms with Gasteiger partial charge in [0.05, 0.1) is 27.6 Å². The second-order valence-corrected chi connectivity index (χ2v) is 18.2. The van der Waals surface area contributed by atoms with E-state index in [0.717, 1.165) is 28.3 Å². The summed E-state index contributed by atoms with van der Waals surface area (Å²) < 4.78 is 4.80. The van der Waals surface area contributed by atoms with Crippen molar-refractivity contribution < 1.29 is 0 Å². The lowest BCUT2D eigenvalue weighted by atomic mass is 9.82. The van der Waals surface area contributed by atoms with Crippen LogP contribution in [-0.2, 0) is 5.41 Å². The van der Waals surface area contributed by atoms with Crippen LogP contribution in [0.3, 0.4) is 0 Å². The lowest BCUT2D eigenvalue weighted by Gasteiger charge is -2.29. The summed E-state index contributed by atoms with van der Waals surface area (Å²) in [6, 6.07) is 73.3. The van der Waals surface area contributed by atoms with E-state index < -0.39 is 0 Å². The van der Waals surface area contributed by atoms with E-state index >= 15 is 0 Å². The predicted molar refractivity (Wildman–Crippen MR) is 281 cm³/mol. The molecular weight excluding hydrogens is 799 g/mol. The second kappa shape index (κ2) is 14.6. The van der Waals surface area contributed by atoms with Crippen molar-refractivity contribution in [3.63, 3.8) is 0 Å². The van der Waals surface area contributed by atoms with Crippen molar-refractivity contribution in [2.24, 2.45) is 0 Å². The molecule has 0 aliphatic heterocycles. The largest absolute Gasteiger partial charge is 0.311 e. The van der Waals surface area contributed by atoms with Crippen LogP contribution in [0.15, 0.2) is 231 Å². The molecule has 0 amide bonds. The van der Waals surface area contributed by atoms with Gasteiger partial charge < -0.3 is 13.9 Å². The molecule has 1 aliphatic carbocycles. The fraction of sp³-hybridized carbons (Fsp3) is 0.0476. The van der Waals surface area contributed by atoms with E-state index in [-0.39, 0.29) is 5.41 Å².